The van der Waals surface area contributed by atoms with Gasteiger partial charge in [0.1, 0.15) is 0 Å². The van der Waals surface area contributed by atoms with E-state index in [4.69, 9.17) is 4.98 Å². The second-order valence-electron chi connectivity index (χ2n) is 6.34. The van der Waals surface area contributed by atoms with Crippen LogP contribution in [0.15, 0.2) is 0 Å². The molecule has 3 rings (SSSR count). The first-order valence-corrected chi connectivity index (χ1v) is 8.55. The van der Waals surface area contributed by atoms with Crippen molar-refractivity contribution in [1.82, 2.24) is 15.2 Å². The van der Waals surface area contributed by atoms with Gasteiger partial charge in [-0.15, -0.1) is 11.3 Å². The van der Waals surface area contributed by atoms with Gasteiger partial charge in [0.2, 0.25) is 0 Å². The minimum Gasteiger partial charge on any atom is -0.351 e. The van der Waals surface area contributed by atoms with Gasteiger partial charge in [0.15, 0.2) is 5.13 Å². The fourth-order valence-corrected chi connectivity index (χ4v) is 4.62. The van der Waals surface area contributed by atoms with E-state index in [0.29, 0.717) is 6.04 Å². The molecule has 2 atom stereocenters. The smallest absolute Gasteiger partial charge is 0.185 e. The van der Waals surface area contributed by atoms with E-state index in [1.807, 2.05) is 11.3 Å². The van der Waals surface area contributed by atoms with Gasteiger partial charge in [-0.1, -0.05) is 0 Å². The van der Waals surface area contributed by atoms with Crippen LogP contribution in [-0.4, -0.2) is 50.7 Å². The van der Waals surface area contributed by atoms with Crippen molar-refractivity contribution in [3.8, 4) is 0 Å². The lowest BCUT2D eigenvalue weighted by Gasteiger charge is -2.21. The number of aryl methyl sites for hydroxylation is 1. The molecule has 5 heteroatoms. The molecule has 1 aromatic heterocycles. The molecule has 1 aromatic rings. The molecular weight excluding hydrogens is 268 g/mol. The van der Waals surface area contributed by atoms with Gasteiger partial charge in [-0.2, -0.15) is 0 Å². The Morgan fingerprint density at radius 1 is 1.45 bits per heavy atom. The van der Waals surface area contributed by atoms with Crippen LogP contribution in [0, 0.1) is 5.92 Å². The standard InChI is InChI=1S/C15H26N4S/c1-16-12-5-4-6-13-14(12)17-15(20-13)19(3)10-11-7-8-18(2)9-11/h11-12,16H,4-10H2,1-3H3. The number of thiazole rings is 1. The minimum absolute atomic E-state index is 0.467. The summed E-state index contributed by atoms with van der Waals surface area (Å²) in [6.45, 7) is 3.62. The van der Waals surface area contributed by atoms with Gasteiger partial charge in [-0.3, -0.25) is 0 Å². The van der Waals surface area contributed by atoms with E-state index in [1.54, 1.807) is 0 Å². The zero-order valence-electron chi connectivity index (χ0n) is 12.9. The third-order valence-electron chi connectivity index (χ3n) is 4.64. The fraction of sp³-hybridized carbons (Fsp3) is 0.800. The van der Waals surface area contributed by atoms with Crippen molar-refractivity contribution < 1.29 is 0 Å². The van der Waals surface area contributed by atoms with Gasteiger partial charge in [-0.05, 0) is 52.2 Å². The summed E-state index contributed by atoms with van der Waals surface area (Å²) in [4.78, 5) is 11.2. The number of hydrogen-bond acceptors (Lipinski definition) is 5. The van der Waals surface area contributed by atoms with Gasteiger partial charge in [-0.25, -0.2) is 4.98 Å². The van der Waals surface area contributed by atoms with Crippen LogP contribution in [0.1, 0.15) is 35.9 Å². The molecule has 112 valence electrons. The lowest BCUT2D eigenvalue weighted by molar-refractivity contribution is 0.396. The van der Waals surface area contributed by atoms with Crippen LogP contribution >= 0.6 is 11.3 Å². The number of aromatic nitrogens is 1. The van der Waals surface area contributed by atoms with Crippen LogP contribution in [0.2, 0.25) is 0 Å². The molecule has 1 saturated heterocycles. The predicted molar refractivity (Wildman–Crippen MR) is 85.7 cm³/mol. The van der Waals surface area contributed by atoms with Crippen molar-refractivity contribution in [3.05, 3.63) is 10.6 Å². The van der Waals surface area contributed by atoms with Gasteiger partial charge < -0.3 is 15.1 Å². The maximum absolute atomic E-state index is 4.93. The SMILES string of the molecule is CNC1CCCc2sc(N(C)CC3CCN(C)C3)nc21. The lowest BCUT2D eigenvalue weighted by Crippen LogP contribution is -2.27. The Labute approximate surface area is 126 Å². The van der Waals surface area contributed by atoms with Gasteiger partial charge in [0, 0.05) is 25.0 Å². The van der Waals surface area contributed by atoms with Gasteiger partial charge >= 0.3 is 0 Å². The second kappa shape index (κ2) is 6.00. The first kappa shape index (κ1) is 14.3. The maximum Gasteiger partial charge on any atom is 0.185 e. The van der Waals surface area contributed by atoms with Gasteiger partial charge in [0.05, 0.1) is 11.7 Å². The number of nitrogens with zero attached hydrogens (tertiary/aromatic N) is 3. The summed E-state index contributed by atoms with van der Waals surface area (Å²) in [5, 5.41) is 4.62. The fourth-order valence-electron chi connectivity index (χ4n) is 3.49. The van der Waals surface area contributed by atoms with Crippen molar-refractivity contribution >= 4 is 16.5 Å². The van der Waals surface area contributed by atoms with E-state index in [9.17, 15) is 0 Å². The third kappa shape index (κ3) is 2.85. The molecular formula is C15H26N4S. The number of rotatable bonds is 4. The molecule has 1 fully saturated rings. The number of nitrogens with one attached hydrogen (secondary N) is 1. The van der Waals surface area contributed by atoms with Crippen molar-refractivity contribution in [2.45, 2.75) is 31.7 Å². The molecule has 2 aliphatic rings. The normalized spacial score (nSPS) is 26.8. The van der Waals surface area contributed by atoms with Crippen LogP contribution in [0.25, 0.3) is 0 Å². The molecule has 0 bridgehead atoms. The highest BCUT2D eigenvalue weighted by molar-refractivity contribution is 7.15. The van der Waals surface area contributed by atoms with Crippen LogP contribution in [0.3, 0.4) is 0 Å². The second-order valence-corrected chi connectivity index (χ2v) is 7.40. The number of likely N-dealkylation sites (tertiary alicyclic amines) is 1. The maximum atomic E-state index is 4.93. The lowest BCUT2D eigenvalue weighted by atomic mass is 9.98. The third-order valence-corrected chi connectivity index (χ3v) is 5.88. The van der Waals surface area contributed by atoms with Crippen molar-refractivity contribution in [2.24, 2.45) is 5.92 Å². The van der Waals surface area contributed by atoms with Crippen molar-refractivity contribution in [2.75, 3.05) is 45.7 Å². The van der Waals surface area contributed by atoms with Crippen LogP contribution in [0.5, 0.6) is 0 Å². The topological polar surface area (TPSA) is 31.4 Å². The van der Waals surface area contributed by atoms with Crippen molar-refractivity contribution in [1.29, 1.82) is 0 Å². The molecule has 1 N–H and O–H groups in total. The summed E-state index contributed by atoms with van der Waals surface area (Å²) < 4.78 is 0. The summed E-state index contributed by atoms with van der Waals surface area (Å²) in [6, 6.07) is 0.467. The molecule has 0 amide bonds. The van der Waals surface area contributed by atoms with Crippen LogP contribution < -0.4 is 10.2 Å². The zero-order valence-corrected chi connectivity index (χ0v) is 13.7. The molecule has 2 unspecified atom stereocenters. The first-order chi connectivity index (χ1) is 9.67. The largest absolute Gasteiger partial charge is 0.351 e. The summed E-state index contributed by atoms with van der Waals surface area (Å²) in [5.74, 6) is 0.797. The number of fused-ring (bicyclic) bond motifs is 1. The summed E-state index contributed by atoms with van der Waals surface area (Å²) in [5.41, 5.74) is 1.31. The summed E-state index contributed by atoms with van der Waals surface area (Å²) in [7, 11) is 6.48. The molecule has 20 heavy (non-hydrogen) atoms. The van der Waals surface area contributed by atoms with E-state index in [1.165, 1.54) is 54.5 Å². The quantitative estimate of drug-likeness (QED) is 0.922. The molecule has 2 heterocycles. The monoisotopic (exact) mass is 294 g/mol. The molecule has 1 aliphatic heterocycles. The van der Waals surface area contributed by atoms with Crippen LogP contribution in [-0.2, 0) is 6.42 Å². The minimum atomic E-state index is 0.467. The summed E-state index contributed by atoms with van der Waals surface area (Å²) >= 11 is 1.91. The Balaban J connectivity index is 1.69. The van der Waals surface area contributed by atoms with Gasteiger partial charge in [0.25, 0.3) is 0 Å². The Morgan fingerprint density at radius 2 is 2.30 bits per heavy atom. The Hall–Kier alpha value is -0.650. The van der Waals surface area contributed by atoms with E-state index < -0.39 is 0 Å². The Bertz CT molecular complexity index is 459. The Kier molecular flexibility index (Phi) is 4.29. The average molecular weight is 294 g/mol. The van der Waals surface area contributed by atoms with Crippen molar-refractivity contribution in [3.63, 3.8) is 0 Å². The molecule has 1 aliphatic carbocycles. The molecule has 0 saturated carbocycles. The Morgan fingerprint density at radius 3 is 3.00 bits per heavy atom. The van der Waals surface area contributed by atoms with Crippen LogP contribution in [0.4, 0.5) is 5.13 Å². The zero-order chi connectivity index (χ0) is 14.1. The molecule has 0 aromatic carbocycles. The molecule has 4 nitrogen and oxygen atoms in total. The number of anilines is 1. The van der Waals surface area contributed by atoms with E-state index in [2.05, 4.69) is 36.3 Å². The number of hydrogen-bond donors (Lipinski definition) is 1. The highest BCUT2D eigenvalue weighted by Crippen LogP contribution is 2.36. The average Bonchev–Trinajstić information content (AvgIpc) is 3.04. The van der Waals surface area contributed by atoms with E-state index in [-0.39, 0.29) is 0 Å². The molecule has 0 radical (unpaired) electrons. The molecule has 0 spiro atoms. The highest BCUT2D eigenvalue weighted by atomic mass is 32.1. The summed E-state index contributed by atoms with van der Waals surface area (Å²) in [6.07, 6.45) is 5.05. The van der Waals surface area contributed by atoms with E-state index in [0.717, 1.165) is 12.5 Å². The predicted octanol–water partition coefficient (Wildman–Crippen LogP) is 2.13. The van der Waals surface area contributed by atoms with E-state index >= 15 is 0 Å². The highest BCUT2D eigenvalue weighted by Gasteiger charge is 2.26. The first-order valence-electron chi connectivity index (χ1n) is 7.74.